The molecule has 0 radical (unpaired) electrons. The summed E-state index contributed by atoms with van der Waals surface area (Å²) in [6, 6.07) is 10.3. The minimum atomic E-state index is 0.525. The monoisotopic (exact) mass is 331 g/mol. The summed E-state index contributed by atoms with van der Waals surface area (Å²) in [6.07, 6.45) is 0. The molecule has 0 aliphatic rings. The van der Waals surface area contributed by atoms with Gasteiger partial charge < -0.3 is 15.4 Å². The van der Waals surface area contributed by atoms with Gasteiger partial charge in [-0.1, -0.05) is 26.0 Å². The SMILES string of the molecule is CN=C(NCc1ccsc1)NCc1cccc(OCC(C)C)c1. The lowest BCUT2D eigenvalue weighted by Crippen LogP contribution is -2.36. The third kappa shape index (κ3) is 6.32. The fourth-order valence-corrected chi connectivity index (χ4v) is 2.66. The molecule has 0 fully saturated rings. The number of ether oxygens (including phenoxy) is 1. The van der Waals surface area contributed by atoms with E-state index in [1.807, 2.05) is 12.1 Å². The van der Waals surface area contributed by atoms with Crippen LogP contribution in [0.1, 0.15) is 25.0 Å². The summed E-state index contributed by atoms with van der Waals surface area (Å²) in [5, 5.41) is 10.9. The van der Waals surface area contributed by atoms with Crippen molar-refractivity contribution in [1.82, 2.24) is 10.6 Å². The zero-order chi connectivity index (χ0) is 16.5. The number of rotatable bonds is 7. The molecule has 1 aromatic carbocycles. The molecular weight excluding hydrogens is 306 g/mol. The van der Waals surface area contributed by atoms with E-state index in [-0.39, 0.29) is 0 Å². The van der Waals surface area contributed by atoms with Crippen LogP contribution in [-0.4, -0.2) is 19.6 Å². The highest BCUT2D eigenvalue weighted by molar-refractivity contribution is 7.07. The molecule has 1 heterocycles. The molecule has 0 saturated heterocycles. The maximum Gasteiger partial charge on any atom is 0.191 e. The van der Waals surface area contributed by atoms with E-state index < -0.39 is 0 Å². The van der Waals surface area contributed by atoms with Crippen molar-refractivity contribution in [1.29, 1.82) is 0 Å². The lowest BCUT2D eigenvalue weighted by atomic mass is 10.2. The van der Waals surface area contributed by atoms with E-state index in [0.717, 1.165) is 24.9 Å². The van der Waals surface area contributed by atoms with Gasteiger partial charge in [-0.2, -0.15) is 11.3 Å². The highest BCUT2D eigenvalue weighted by Gasteiger charge is 2.02. The second-order valence-corrected chi connectivity index (χ2v) is 6.54. The Kier molecular flexibility index (Phi) is 6.94. The first-order valence-electron chi connectivity index (χ1n) is 7.84. The standard InChI is InChI=1S/C18H25N3OS/c1-14(2)12-22-17-6-4-5-15(9-17)10-20-18(19-3)21-11-16-7-8-23-13-16/h4-9,13-14H,10-12H2,1-3H3,(H2,19,20,21). The Bertz CT molecular complexity index is 608. The maximum atomic E-state index is 5.77. The minimum Gasteiger partial charge on any atom is -0.493 e. The largest absolute Gasteiger partial charge is 0.493 e. The number of hydrogen-bond acceptors (Lipinski definition) is 3. The zero-order valence-corrected chi connectivity index (χ0v) is 14.8. The molecule has 0 bridgehead atoms. The highest BCUT2D eigenvalue weighted by Crippen LogP contribution is 2.14. The lowest BCUT2D eigenvalue weighted by Gasteiger charge is -2.13. The Morgan fingerprint density at radius 2 is 1.96 bits per heavy atom. The van der Waals surface area contributed by atoms with E-state index >= 15 is 0 Å². The van der Waals surface area contributed by atoms with Crippen LogP contribution in [0.4, 0.5) is 0 Å². The minimum absolute atomic E-state index is 0.525. The molecule has 0 spiro atoms. The molecule has 0 atom stereocenters. The first kappa shape index (κ1) is 17.3. The van der Waals surface area contributed by atoms with Gasteiger partial charge in [0.05, 0.1) is 6.61 Å². The quantitative estimate of drug-likeness (QED) is 0.601. The molecule has 2 aromatic rings. The molecule has 2 rings (SSSR count). The van der Waals surface area contributed by atoms with Gasteiger partial charge in [-0.15, -0.1) is 0 Å². The molecule has 0 saturated carbocycles. The molecule has 0 aliphatic heterocycles. The number of nitrogens with one attached hydrogen (secondary N) is 2. The Balaban J connectivity index is 1.82. The van der Waals surface area contributed by atoms with Crippen LogP contribution in [0.5, 0.6) is 5.75 Å². The van der Waals surface area contributed by atoms with Gasteiger partial charge in [0, 0.05) is 20.1 Å². The normalized spacial score (nSPS) is 11.6. The van der Waals surface area contributed by atoms with Gasteiger partial charge in [-0.3, -0.25) is 4.99 Å². The van der Waals surface area contributed by atoms with Gasteiger partial charge in [-0.05, 0) is 46.0 Å². The van der Waals surface area contributed by atoms with Gasteiger partial charge >= 0.3 is 0 Å². The van der Waals surface area contributed by atoms with Crippen LogP contribution in [0.3, 0.4) is 0 Å². The molecule has 0 aliphatic carbocycles. The van der Waals surface area contributed by atoms with Crippen LogP contribution < -0.4 is 15.4 Å². The van der Waals surface area contributed by atoms with Crippen molar-refractivity contribution >= 4 is 17.3 Å². The topological polar surface area (TPSA) is 45.7 Å². The second kappa shape index (κ2) is 9.20. The Morgan fingerprint density at radius 3 is 2.61 bits per heavy atom. The first-order chi connectivity index (χ1) is 11.2. The smallest absolute Gasteiger partial charge is 0.191 e. The fraction of sp³-hybridized carbons (Fsp3) is 0.389. The summed E-state index contributed by atoms with van der Waals surface area (Å²) in [4.78, 5) is 4.25. The molecule has 23 heavy (non-hydrogen) atoms. The molecule has 5 heteroatoms. The summed E-state index contributed by atoms with van der Waals surface area (Å²) in [7, 11) is 1.78. The van der Waals surface area contributed by atoms with Crippen molar-refractivity contribution in [3.8, 4) is 5.75 Å². The predicted molar refractivity (Wildman–Crippen MR) is 98.1 cm³/mol. The van der Waals surface area contributed by atoms with E-state index in [0.29, 0.717) is 12.5 Å². The van der Waals surface area contributed by atoms with E-state index in [1.165, 1.54) is 11.1 Å². The van der Waals surface area contributed by atoms with Crippen LogP contribution in [0.2, 0.25) is 0 Å². The Labute approximate surface area is 142 Å². The van der Waals surface area contributed by atoms with Gasteiger partial charge in [0.2, 0.25) is 0 Å². The van der Waals surface area contributed by atoms with Crippen molar-refractivity contribution in [2.75, 3.05) is 13.7 Å². The number of benzene rings is 1. The van der Waals surface area contributed by atoms with Crippen molar-refractivity contribution in [2.24, 2.45) is 10.9 Å². The number of nitrogens with zero attached hydrogens (tertiary/aromatic N) is 1. The van der Waals surface area contributed by atoms with Gasteiger partial charge in [0.1, 0.15) is 5.75 Å². The number of aliphatic imine (C=N–C) groups is 1. The summed E-state index contributed by atoms with van der Waals surface area (Å²) in [5.74, 6) is 2.24. The average molecular weight is 331 g/mol. The van der Waals surface area contributed by atoms with Crippen LogP contribution in [0.15, 0.2) is 46.1 Å². The van der Waals surface area contributed by atoms with Crippen LogP contribution in [-0.2, 0) is 13.1 Å². The van der Waals surface area contributed by atoms with Crippen LogP contribution >= 0.6 is 11.3 Å². The van der Waals surface area contributed by atoms with Crippen molar-refractivity contribution in [3.05, 3.63) is 52.2 Å². The number of hydrogen-bond donors (Lipinski definition) is 2. The van der Waals surface area contributed by atoms with Gasteiger partial charge in [-0.25, -0.2) is 0 Å². The summed E-state index contributed by atoms with van der Waals surface area (Å²) < 4.78 is 5.77. The molecule has 124 valence electrons. The zero-order valence-electron chi connectivity index (χ0n) is 14.0. The maximum absolute atomic E-state index is 5.77. The molecule has 1 aromatic heterocycles. The van der Waals surface area contributed by atoms with E-state index in [2.05, 4.69) is 58.4 Å². The molecule has 2 N–H and O–H groups in total. The summed E-state index contributed by atoms with van der Waals surface area (Å²) in [5.41, 5.74) is 2.44. The van der Waals surface area contributed by atoms with E-state index in [4.69, 9.17) is 4.74 Å². The highest BCUT2D eigenvalue weighted by atomic mass is 32.1. The summed E-state index contributed by atoms with van der Waals surface area (Å²) in [6.45, 7) is 6.52. The second-order valence-electron chi connectivity index (χ2n) is 5.76. The molecule has 0 unspecified atom stereocenters. The van der Waals surface area contributed by atoms with Gasteiger partial charge in [0.25, 0.3) is 0 Å². The lowest BCUT2D eigenvalue weighted by molar-refractivity contribution is 0.271. The number of guanidine groups is 1. The first-order valence-corrected chi connectivity index (χ1v) is 8.79. The van der Waals surface area contributed by atoms with Crippen LogP contribution in [0, 0.1) is 5.92 Å². The number of thiophene rings is 1. The van der Waals surface area contributed by atoms with Crippen molar-refractivity contribution < 1.29 is 4.74 Å². The Hall–Kier alpha value is -2.01. The molecule has 4 nitrogen and oxygen atoms in total. The third-order valence-electron chi connectivity index (χ3n) is 3.21. The van der Waals surface area contributed by atoms with Crippen molar-refractivity contribution in [3.63, 3.8) is 0 Å². The Morgan fingerprint density at radius 1 is 1.17 bits per heavy atom. The van der Waals surface area contributed by atoms with Gasteiger partial charge in [0.15, 0.2) is 5.96 Å². The predicted octanol–water partition coefficient (Wildman–Crippen LogP) is 3.65. The van der Waals surface area contributed by atoms with Crippen molar-refractivity contribution in [2.45, 2.75) is 26.9 Å². The van der Waals surface area contributed by atoms with E-state index in [1.54, 1.807) is 18.4 Å². The third-order valence-corrected chi connectivity index (χ3v) is 3.94. The fourth-order valence-electron chi connectivity index (χ4n) is 1.99. The van der Waals surface area contributed by atoms with E-state index in [9.17, 15) is 0 Å². The molecule has 0 amide bonds. The molecular formula is C18H25N3OS. The summed E-state index contributed by atoms with van der Waals surface area (Å²) >= 11 is 1.70. The average Bonchev–Trinajstić information content (AvgIpc) is 3.07. The van der Waals surface area contributed by atoms with Crippen LogP contribution in [0.25, 0.3) is 0 Å².